The van der Waals surface area contributed by atoms with Gasteiger partial charge in [0.15, 0.2) is 0 Å². The van der Waals surface area contributed by atoms with E-state index in [1.54, 1.807) is 85.7 Å². The van der Waals surface area contributed by atoms with Crippen molar-refractivity contribution < 1.29 is 38.7 Å². The van der Waals surface area contributed by atoms with Gasteiger partial charge in [-0.15, -0.1) is 0 Å². The summed E-state index contributed by atoms with van der Waals surface area (Å²) in [5, 5.41) is 36.1. The molecule has 4 aromatic carbocycles. The van der Waals surface area contributed by atoms with Crippen LogP contribution in [0.5, 0.6) is 23.0 Å². The number of hydrogen-bond acceptors (Lipinski definition) is 14. The number of benzene rings is 4. The fraction of sp³-hybridized carbons (Fsp3) is 0.309. The number of aliphatic carboxylic acids is 2. The third-order valence-electron chi connectivity index (χ3n) is 11.9. The van der Waals surface area contributed by atoms with E-state index in [0.29, 0.717) is 79.6 Å². The Labute approximate surface area is 444 Å². The Morgan fingerprint density at radius 3 is 1.59 bits per heavy atom. The molecule has 382 valence electrons. The fourth-order valence-corrected chi connectivity index (χ4v) is 9.24. The first kappa shape index (κ1) is 56.0. The molecule has 18 heteroatoms. The molecule has 0 aliphatic heterocycles. The van der Waals surface area contributed by atoms with Gasteiger partial charge in [0.25, 0.3) is 0 Å². The molecule has 0 aliphatic rings. The van der Waals surface area contributed by atoms with Crippen molar-refractivity contribution in [1.82, 2.24) is 20.6 Å². The Morgan fingerprint density at radius 1 is 0.671 bits per heavy atom. The molecule has 0 radical (unpaired) electrons. The highest BCUT2D eigenvalue weighted by Crippen LogP contribution is 2.38. The number of nitrogens with zero attached hydrogens (tertiary/aromatic N) is 4. The van der Waals surface area contributed by atoms with Gasteiger partial charge < -0.3 is 39.8 Å². The Bertz CT molecular complexity index is 2940. The molecule has 0 saturated carbocycles. The largest absolute Gasteiger partial charge is 0.488 e. The molecule has 2 unspecified atom stereocenters. The van der Waals surface area contributed by atoms with E-state index in [4.69, 9.17) is 42.1 Å². The second-order valence-corrected chi connectivity index (χ2v) is 19.7. The zero-order valence-electron chi connectivity index (χ0n) is 41.2. The summed E-state index contributed by atoms with van der Waals surface area (Å²) in [6.45, 7) is 5.13. The molecule has 14 nitrogen and oxygen atoms in total. The third kappa shape index (κ3) is 16.1. The van der Waals surface area contributed by atoms with E-state index >= 15 is 0 Å². The number of thioether (sulfide) groups is 2. The maximum absolute atomic E-state index is 12.1. The number of rotatable bonds is 28. The van der Waals surface area contributed by atoms with Crippen LogP contribution in [-0.2, 0) is 49.1 Å². The second kappa shape index (κ2) is 28.2. The molecule has 6 aromatic rings. The number of carbonyl (C=O) groups is 2. The van der Waals surface area contributed by atoms with Crippen molar-refractivity contribution in [2.24, 2.45) is 4.99 Å². The van der Waals surface area contributed by atoms with Crippen LogP contribution in [0, 0.1) is 25.2 Å². The minimum Gasteiger partial charge on any atom is -0.488 e. The summed E-state index contributed by atoms with van der Waals surface area (Å²) in [6, 6.07) is 23.2. The maximum atomic E-state index is 12.1. The van der Waals surface area contributed by atoms with Gasteiger partial charge in [-0.25, -0.2) is 0 Å². The van der Waals surface area contributed by atoms with Crippen LogP contribution in [0.2, 0.25) is 10.0 Å². The maximum Gasteiger partial charge on any atom is 0.320 e. The van der Waals surface area contributed by atoms with Crippen LogP contribution >= 0.6 is 46.7 Å². The Morgan fingerprint density at radius 2 is 1.14 bits per heavy atom. The van der Waals surface area contributed by atoms with E-state index in [0.717, 1.165) is 44.5 Å². The molecule has 0 saturated heterocycles. The molecular weight excluding hydrogens is 1010 g/mol. The smallest absolute Gasteiger partial charge is 0.320 e. The normalized spacial score (nSPS) is 12.0. The minimum atomic E-state index is -0.946. The Kier molecular flexibility index (Phi) is 21.6. The van der Waals surface area contributed by atoms with E-state index in [9.17, 15) is 25.1 Å². The van der Waals surface area contributed by atoms with Gasteiger partial charge in [-0.2, -0.15) is 28.8 Å². The molecule has 0 aliphatic carbocycles. The molecule has 0 bridgehead atoms. The van der Waals surface area contributed by atoms with Gasteiger partial charge >= 0.3 is 11.9 Å². The van der Waals surface area contributed by atoms with Gasteiger partial charge in [-0.3, -0.25) is 24.5 Å². The lowest BCUT2D eigenvalue weighted by Crippen LogP contribution is -2.36. The first-order valence-corrected chi connectivity index (χ1v) is 26.8. The molecular formula is C55H58Cl2N6O8S2. The number of carboxylic acid groups (broad SMARTS) is 2. The molecule has 4 N–H and O–H groups in total. The van der Waals surface area contributed by atoms with Gasteiger partial charge in [0.05, 0.1) is 15.6 Å². The minimum absolute atomic E-state index is 0.0984. The molecule has 2 atom stereocenters. The van der Waals surface area contributed by atoms with Gasteiger partial charge in [0, 0.05) is 91.1 Å². The number of nitriles is 1. The van der Waals surface area contributed by atoms with Crippen LogP contribution in [0.15, 0.2) is 103 Å². The van der Waals surface area contributed by atoms with Crippen molar-refractivity contribution in [2.75, 3.05) is 31.1 Å². The van der Waals surface area contributed by atoms with Crippen LogP contribution in [0.25, 0.3) is 11.1 Å². The second-order valence-electron chi connectivity index (χ2n) is 16.9. The molecule has 2 aromatic heterocycles. The van der Waals surface area contributed by atoms with E-state index in [1.165, 1.54) is 6.20 Å². The van der Waals surface area contributed by atoms with Crippen molar-refractivity contribution in [3.8, 4) is 40.2 Å². The standard InChI is InChI=1S/C55H58Cl2N6O8S2/c1-34-40(32-70-52-20-50(68-30-38-16-36(22-58)24-60-26-38)42(18-46(52)56)28-62-48(54(64)65)12-14-72-4)8-6-10-44(34)45-11-7-9-41(35(45)2)33-71-53-21-51(69-31-39-17-37(23-59-3)25-61-27-39)43(19-47(53)57)29-63-49(55(66)67)13-15-73-5/h6-11,16-21,23-27,48-49,62-63H,12-15,28-33H2,1-5H3,(H,64,65)(H,66,67)/b59-23+. The van der Waals surface area contributed by atoms with Crippen LogP contribution in [0.1, 0.15) is 68.5 Å². The number of hydrogen-bond donors (Lipinski definition) is 4. The summed E-state index contributed by atoms with van der Waals surface area (Å²) in [4.78, 5) is 36.7. The highest BCUT2D eigenvalue weighted by atomic mass is 35.5. The van der Waals surface area contributed by atoms with Crippen molar-refractivity contribution in [3.05, 3.63) is 163 Å². The SMILES string of the molecule is C/N=C/c1cncc(COc2cc(OCc3cccc(-c4cccc(COc5cc(OCc6cncc(C#N)c6)c(CNC(CCSC)C(=O)O)cc5Cl)c4C)c3C)c(Cl)cc2CNC(CCSC)C(=O)O)c1. The number of aliphatic imine (C=N–C) groups is 1. The molecule has 2 heterocycles. The van der Waals surface area contributed by atoms with E-state index in [2.05, 4.69) is 50.7 Å². The molecule has 73 heavy (non-hydrogen) atoms. The molecule has 0 fully saturated rings. The average molecular weight is 1070 g/mol. The summed E-state index contributed by atoms with van der Waals surface area (Å²) >= 11 is 16.9. The topological polar surface area (TPSA) is 198 Å². The number of carboxylic acids is 2. The van der Waals surface area contributed by atoms with E-state index < -0.39 is 24.0 Å². The fourth-order valence-electron chi connectivity index (χ4n) is 7.81. The summed E-state index contributed by atoms with van der Waals surface area (Å²) in [7, 11) is 1.69. The monoisotopic (exact) mass is 1060 g/mol. The zero-order chi connectivity index (χ0) is 52.3. The van der Waals surface area contributed by atoms with Crippen LogP contribution < -0.4 is 29.6 Å². The van der Waals surface area contributed by atoms with Crippen molar-refractivity contribution in [3.63, 3.8) is 0 Å². The zero-order valence-corrected chi connectivity index (χ0v) is 44.4. The van der Waals surface area contributed by atoms with Gasteiger partial charge in [0.2, 0.25) is 0 Å². The van der Waals surface area contributed by atoms with Gasteiger partial charge in [-0.1, -0.05) is 59.6 Å². The highest BCUT2D eigenvalue weighted by molar-refractivity contribution is 7.98. The lowest BCUT2D eigenvalue weighted by Gasteiger charge is -2.20. The lowest BCUT2D eigenvalue weighted by atomic mass is 9.92. The number of ether oxygens (including phenoxy) is 4. The molecule has 0 amide bonds. The van der Waals surface area contributed by atoms with Gasteiger partial charge in [0.1, 0.15) is 67.6 Å². The van der Waals surface area contributed by atoms with Crippen LogP contribution in [0.3, 0.4) is 0 Å². The van der Waals surface area contributed by atoms with E-state index in [1.807, 2.05) is 49.8 Å². The Balaban J connectivity index is 1.21. The first-order chi connectivity index (χ1) is 35.3. The van der Waals surface area contributed by atoms with Crippen LogP contribution in [0.4, 0.5) is 0 Å². The van der Waals surface area contributed by atoms with E-state index in [-0.39, 0.29) is 39.5 Å². The van der Waals surface area contributed by atoms with Gasteiger partial charge in [-0.05, 0) is 108 Å². The number of nitrogens with one attached hydrogen (secondary N) is 2. The van der Waals surface area contributed by atoms with Crippen molar-refractivity contribution >= 4 is 64.9 Å². The average Bonchev–Trinajstić information content (AvgIpc) is 3.38. The first-order valence-electron chi connectivity index (χ1n) is 23.3. The van der Waals surface area contributed by atoms with Crippen molar-refractivity contribution in [1.29, 1.82) is 5.26 Å². The number of halogens is 2. The van der Waals surface area contributed by atoms with Crippen molar-refractivity contribution in [2.45, 2.75) is 78.3 Å². The number of pyridine rings is 2. The summed E-state index contributed by atoms with van der Waals surface area (Å²) < 4.78 is 25.5. The highest BCUT2D eigenvalue weighted by Gasteiger charge is 2.22. The lowest BCUT2D eigenvalue weighted by molar-refractivity contribution is -0.140. The third-order valence-corrected chi connectivity index (χ3v) is 13.8. The summed E-state index contributed by atoms with van der Waals surface area (Å²) in [6.07, 6.45) is 13.0. The predicted molar refractivity (Wildman–Crippen MR) is 291 cm³/mol. The Hall–Kier alpha value is -6.32. The summed E-state index contributed by atoms with van der Waals surface area (Å²) in [5.41, 5.74) is 9.94. The molecule has 6 rings (SSSR count). The number of aromatic nitrogens is 2. The molecule has 0 spiro atoms. The predicted octanol–water partition coefficient (Wildman–Crippen LogP) is 10.9. The summed E-state index contributed by atoms with van der Waals surface area (Å²) in [5.74, 6) is 1.19. The quantitative estimate of drug-likeness (QED) is 0.0338. The van der Waals surface area contributed by atoms with Crippen LogP contribution in [-0.4, -0.2) is 81.5 Å².